The van der Waals surface area contributed by atoms with Crippen LogP contribution in [-0.4, -0.2) is 8.96 Å². The van der Waals surface area contributed by atoms with Crippen molar-refractivity contribution in [2.24, 2.45) is 11.1 Å². The molecule has 0 bridgehead atoms. The molecule has 0 aliphatic heterocycles. The van der Waals surface area contributed by atoms with Crippen LogP contribution in [-0.2, 0) is 9.92 Å². The molecule has 1 saturated carbocycles. The Labute approximate surface area is 62.1 Å². The largest absolute Gasteiger partial charge is 0.245 e. The van der Waals surface area contributed by atoms with Gasteiger partial charge in [0.25, 0.3) is 0 Å². The Morgan fingerprint density at radius 2 is 2.40 bits per heavy atom. The lowest BCUT2D eigenvalue weighted by atomic mass is 10.3. The second-order valence-corrected chi connectivity index (χ2v) is 5.36. The average molecular weight is 162 g/mol. The molecule has 0 heterocycles. The smallest absolute Gasteiger partial charge is 0.108 e. The van der Waals surface area contributed by atoms with Crippen molar-refractivity contribution in [3.8, 4) is 0 Å². The van der Waals surface area contributed by atoms with E-state index in [1.807, 2.05) is 13.8 Å². The Morgan fingerprint density at radius 3 is 2.50 bits per heavy atom. The molecule has 0 radical (unpaired) electrons. The summed E-state index contributed by atoms with van der Waals surface area (Å²) in [5, 5.41) is 5.24. The lowest BCUT2D eigenvalue weighted by molar-refractivity contribution is 0.649. The van der Waals surface area contributed by atoms with Crippen molar-refractivity contribution in [1.29, 1.82) is 4.78 Å². The molecule has 3 atom stereocenters. The lowest BCUT2D eigenvalue weighted by Crippen LogP contribution is -2.27. The van der Waals surface area contributed by atoms with Crippen LogP contribution in [0, 0.1) is 10.7 Å². The van der Waals surface area contributed by atoms with Crippen molar-refractivity contribution in [1.82, 2.24) is 0 Å². The summed E-state index contributed by atoms with van der Waals surface area (Å²) < 4.78 is 17.9. The first-order valence-electron chi connectivity index (χ1n) is 3.48. The highest BCUT2D eigenvalue weighted by Gasteiger charge is 2.55. The number of hydrogen-bond donors (Lipinski definition) is 2. The molecule has 4 heteroatoms. The first kappa shape index (κ1) is 8.01. The Hall–Kier alpha value is -0.0900. The Balaban J connectivity index is 2.78. The molecule has 1 rings (SSSR count). The standard InChI is InChI=1S/C6H14N2OS/c1-3-5-4-6(5,2)10(7,8)9/h5H,3-4H2,1-2H3,(H3,7,8,9). The summed E-state index contributed by atoms with van der Waals surface area (Å²) in [5.41, 5.74) is 0. The Morgan fingerprint density at radius 1 is 1.90 bits per heavy atom. The molecule has 0 aromatic carbocycles. The maximum absolute atomic E-state index is 11.1. The van der Waals surface area contributed by atoms with Gasteiger partial charge < -0.3 is 0 Å². The minimum absolute atomic E-state index is 0.373. The third kappa shape index (κ3) is 0.953. The van der Waals surface area contributed by atoms with E-state index in [2.05, 4.69) is 0 Å². The van der Waals surface area contributed by atoms with Gasteiger partial charge in [-0.2, -0.15) is 0 Å². The molecular formula is C6H14N2OS. The topological polar surface area (TPSA) is 66.9 Å². The quantitative estimate of drug-likeness (QED) is 0.627. The maximum Gasteiger partial charge on any atom is 0.108 e. The van der Waals surface area contributed by atoms with Crippen molar-refractivity contribution in [3.63, 3.8) is 0 Å². The van der Waals surface area contributed by atoms with E-state index in [1.165, 1.54) is 0 Å². The molecule has 0 saturated heterocycles. The van der Waals surface area contributed by atoms with Crippen LogP contribution in [0.1, 0.15) is 26.7 Å². The fourth-order valence-electron chi connectivity index (χ4n) is 1.38. The number of nitrogens with two attached hydrogens (primary N) is 1. The molecule has 1 aliphatic carbocycles. The van der Waals surface area contributed by atoms with Gasteiger partial charge in [0, 0.05) is 0 Å². The molecule has 0 aromatic heterocycles. The van der Waals surface area contributed by atoms with Gasteiger partial charge in [-0.15, -0.1) is 0 Å². The normalized spacial score (nSPS) is 44.5. The van der Waals surface area contributed by atoms with Crippen molar-refractivity contribution < 1.29 is 4.21 Å². The minimum Gasteiger partial charge on any atom is -0.245 e. The maximum atomic E-state index is 11.1. The van der Waals surface area contributed by atoms with E-state index in [-0.39, 0.29) is 4.75 Å². The van der Waals surface area contributed by atoms with Crippen LogP contribution in [0.5, 0.6) is 0 Å². The summed E-state index contributed by atoms with van der Waals surface area (Å²) >= 11 is 0. The van der Waals surface area contributed by atoms with Gasteiger partial charge in [0.15, 0.2) is 0 Å². The molecule has 1 aliphatic rings. The highest BCUT2D eigenvalue weighted by molar-refractivity contribution is 7.91. The Kier molecular flexibility index (Phi) is 1.56. The number of hydrogen-bond acceptors (Lipinski definition) is 2. The lowest BCUT2D eigenvalue weighted by Gasteiger charge is -2.09. The molecule has 10 heavy (non-hydrogen) atoms. The Bertz CT molecular complexity index is 234. The summed E-state index contributed by atoms with van der Waals surface area (Å²) in [6.45, 7) is 3.89. The van der Waals surface area contributed by atoms with Crippen LogP contribution >= 0.6 is 0 Å². The average Bonchev–Trinajstić information content (AvgIpc) is 2.41. The molecule has 60 valence electrons. The highest BCUT2D eigenvalue weighted by atomic mass is 32.2. The van der Waals surface area contributed by atoms with Crippen LogP contribution in [0.15, 0.2) is 0 Å². The van der Waals surface area contributed by atoms with Gasteiger partial charge in [0.2, 0.25) is 0 Å². The summed E-state index contributed by atoms with van der Waals surface area (Å²) in [6.07, 6.45) is 1.85. The van der Waals surface area contributed by atoms with Gasteiger partial charge in [-0.1, -0.05) is 13.3 Å². The molecule has 0 aromatic rings. The predicted octanol–water partition coefficient (Wildman–Crippen LogP) is 1.10. The zero-order chi connectivity index (χ0) is 7.99. The summed E-state index contributed by atoms with van der Waals surface area (Å²) in [4.78, 5) is 0. The molecule has 3 N–H and O–H groups in total. The van der Waals surface area contributed by atoms with Crippen molar-refractivity contribution in [2.75, 3.05) is 0 Å². The van der Waals surface area contributed by atoms with E-state index in [4.69, 9.17) is 9.92 Å². The summed E-state index contributed by atoms with van der Waals surface area (Å²) in [7, 11) is -2.79. The van der Waals surface area contributed by atoms with Crippen molar-refractivity contribution in [2.45, 2.75) is 31.4 Å². The highest BCUT2D eigenvalue weighted by Crippen LogP contribution is 2.50. The third-order valence-electron chi connectivity index (χ3n) is 2.54. The molecule has 3 nitrogen and oxygen atoms in total. The van der Waals surface area contributed by atoms with Crippen LogP contribution in [0.2, 0.25) is 0 Å². The zero-order valence-electron chi connectivity index (χ0n) is 6.39. The first-order valence-corrected chi connectivity index (χ1v) is 5.10. The number of rotatable bonds is 2. The second-order valence-electron chi connectivity index (χ2n) is 3.22. The van der Waals surface area contributed by atoms with Crippen molar-refractivity contribution in [3.05, 3.63) is 0 Å². The van der Waals surface area contributed by atoms with Gasteiger partial charge in [-0.05, 0) is 19.3 Å². The van der Waals surface area contributed by atoms with Gasteiger partial charge in [-0.25, -0.2) is 14.1 Å². The van der Waals surface area contributed by atoms with Gasteiger partial charge in [0.1, 0.15) is 9.92 Å². The van der Waals surface area contributed by atoms with Gasteiger partial charge >= 0.3 is 0 Å². The van der Waals surface area contributed by atoms with E-state index in [0.29, 0.717) is 5.92 Å². The SMILES string of the molecule is CCC1CC1(C)S(=N)(N)=O. The minimum atomic E-state index is -2.79. The third-order valence-corrected chi connectivity index (χ3v) is 4.43. The fraction of sp³-hybridized carbons (Fsp3) is 1.00. The van der Waals surface area contributed by atoms with E-state index in [9.17, 15) is 4.21 Å². The molecule has 0 amide bonds. The van der Waals surface area contributed by atoms with Gasteiger partial charge in [0.05, 0.1) is 4.75 Å². The van der Waals surface area contributed by atoms with Gasteiger partial charge in [-0.3, -0.25) is 0 Å². The van der Waals surface area contributed by atoms with Crippen LogP contribution in [0.4, 0.5) is 0 Å². The van der Waals surface area contributed by atoms with Crippen LogP contribution < -0.4 is 5.14 Å². The second kappa shape index (κ2) is 1.95. The summed E-state index contributed by atoms with van der Waals surface area (Å²) in [6, 6.07) is 0. The zero-order valence-corrected chi connectivity index (χ0v) is 7.20. The monoisotopic (exact) mass is 162 g/mol. The molecular weight excluding hydrogens is 148 g/mol. The molecule has 3 unspecified atom stereocenters. The van der Waals surface area contributed by atoms with E-state index in [0.717, 1.165) is 12.8 Å². The van der Waals surface area contributed by atoms with E-state index < -0.39 is 9.92 Å². The molecule has 1 fully saturated rings. The number of nitrogens with one attached hydrogen (secondary N) is 1. The van der Waals surface area contributed by atoms with Crippen molar-refractivity contribution >= 4 is 9.92 Å². The first-order chi connectivity index (χ1) is 4.42. The van der Waals surface area contributed by atoms with Crippen LogP contribution in [0.3, 0.4) is 0 Å². The predicted molar refractivity (Wildman–Crippen MR) is 41.9 cm³/mol. The van der Waals surface area contributed by atoms with Crippen LogP contribution in [0.25, 0.3) is 0 Å². The molecule has 0 spiro atoms. The van der Waals surface area contributed by atoms with E-state index in [1.54, 1.807) is 0 Å². The summed E-state index contributed by atoms with van der Waals surface area (Å²) in [5.74, 6) is 0.419. The van der Waals surface area contributed by atoms with E-state index >= 15 is 0 Å². The fourth-order valence-corrected chi connectivity index (χ4v) is 2.49.